The lowest BCUT2D eigenvalue weighted by Crippen LogP contribution is -2.50. The molecule has 1 aromatic heterocycles. The van der Waals surface area contributed by atoms with Crippen LogP contribution >= 0.6 is 0 Å². The molecule has 0 saturated carbocycles. The van der Waals surface area contributed by atoms with Gasteiger partial charge in [0.15, 0.2) is 0 Å². The predicted molar refractivity (Wildman–Crippen MR) is 98.9 cm³/mol. The van der Waals surface area contributed by atoms with E-state index in [0.29, 0.717) is 13.1 Å². The molecule has 0 N–H and O–H groups in total. The van der Waals surface area contributed by atoms with Gasteiger partial charge < -0.3 is 9.80 Å². The molecule has 2 fully saturated rings. The summed E-state index contributed by atoms with van der Waals surface area (Å²) in [5.41, 5.74) is 2.11. The molecule has 1 spiro atoms. The molecule has 2 aromatic rings. The van der Waals surface area contributed by atoms with Gasteiger partial charge in [-0.05, 0) is 37.8 Å². The van der Waals surface area contributed by atoms with Gasteiger partial charge in [-0.25, -0.2) is 0 Å². The molecule has 2 amide bonds. The minimum Gasteiger partial charge on any atom is -0.338 e. The molecule has 1 unspecified atom stereocenters. The summed E-state index contributed by atoms with van der Waals surface area (Å²) in [7, 11) is 1.85. The maximum absolute atomic E-state index is 13.2. The molecule has 136 valence electrons. The van der Waals surface area contributed by atoms with E-state index in [-0.39, 0.29) is 11.8 Å². The summed E-state index contributed by atoms with van der Waals surface area (Å²) < 4.78 is 1.71. The van der Waals surface area contributed by atoms with Gasteiger partial charge in [-0.1, -0.05) is 18.2 Å². The second-order valence-corrected chi connectivity index (χ2v) is 7.50. The Hall–Kier alpha value is -2.63. The highest BCUT2D eigenvalue weighted by atomic mass is 16.2. The van der Waals surface area contributed by atoms with Crippen LogP contribution in [0.1, 0.15) is 35.2 Å². The quantitative estimate of drug-likeness (QED) is 0.834. The first-order chi connectivity index (χ1) is 12.5. The molecular formula is C20H24N4O2. The smallest absolute Gasteiger partial charge is 0.254 e. The Kier molecular flexibility index (Phi) is 4.05. The van der Waals surface area contributed by atoms with Crippen LogP contribution in [0.2, 0.25) is 0 Å². The van der Waals surface area contributed by atoms with Gasteiger partial charge in [-0.2, -0.15) is 5.10 Å². The number of rotatable bonds is 2. The van der Waals surface area contributed by atoms with Crippen LogP contribution in [0.25, 0.3) is 0 Å². The van der Waals surface area contributed by atoms with Crippen molar-refractivity contribution in [2.24, 2.45) is 12.5 Å². The molecule has 6 nitrogen and oxygen atoms in total. The topological polar surface area (TPSA) is 58.4 Å². The van der Waals surface area contributed by atoms with E-state index in [1.165, 1.54) is 0 Å². The predicted octanol–water partition coefficient (Wildman–Crippen LogP) is 2.39. The zero-order chi connectivity index (χ0) is 18.3. The van der Waals surface area contributed by atoms with Gasteiger partial charge in [0, 0.05) is 38.4 Å². The summed E-state index contributed by atoms with van der Waals surface area (Å²) in [5, 5.41) is 4.18. The van der Waals surface area contributed by atoms with E-state index in [1.54, 1.807) is 10.9 Å². The second-order valence-electron chi connectivity index (χ2n) is 7.50. The van der Waals surface area contributed by atoms with Crippen molar-refractivity contribution < 1.29 is 9.59 Å². The van der Waals surface area contributed by atoms with Crippen LogP contribution in [0.15, 0.2) is 36.7 Å². The lowest BCUT2D eigenvalue weighted by Gasteiger charge is -2.39. The number of aromatic nitrogens is 2. The van der Waals surface area contributed by atoms with Crippen molar-refractivity contribution in [3.05, 3.63) is 47.8 Å². The van der Waals surface area contributed by atoms with Crippen LogP contribution in [-0.2, 0) is 11.8 Å². The third-order valence-corrected chi connectivity index (χ3v) is 5.76. The summed E-state index contributed by atoms with van der Waals surface area (Å²) in [6.07, 6.45) is 6.11. The molecule has 26 heavy (non-hydrogen) atoms. The van der Waals surface area contributed by atoms with Crippen LogP contribution in [0.3, 0.4) is 0 Å². The number of piperidine rings is 1. The van der Waals surface area contributed by atoms with Gasteiger partial charge in [-0.3, -0.25) is 14.3 Å². The first-order valence-electron chi connectivity index (χ1n) is 9.16. The van der Waals surface area contributed by atoms with Gasteiger partial charge >= 0.3 is 0 Å². The maximum atomic E-state index is 13.2. The molecule has 2 saturated heterocycles. The van der Waals surface area contributed by atoms with Crippen molar-refractivity contribution in [3.8, 4) is 0 Å². The average molecular weight is 352 g/mol. The number of benzene rings is 1. The number of amides is 2. The Morgan fingerprint density at radius 3 is 2.73 bits per heavy atom. The molecular weight excluding hydrogens is 328 g/mol. The fourth-order valence-corrected chi connectivity index (χ4v) is 4.28. The molecule has 2 aliphatic heterocycles. The Morgan fingerprint density at radius 1 is 1.19 bits per heavy atom. The third kappa shape index (κ3) is 2.69. The van der Waals surface area contributed by atoms with E-state index in [1.807, 2.05) is 54.2 Å². The monoisotopic (exact) mass is 352 g/mol. The normalized spacial score (nSPS) is 23.1. The molecule has 1 aromatic carbocycles. The van der Waals surface area contributed by atoms with Gasteiger partial charge in [0.2, 0.25) is 5.91 Å². The zero-order valence-electron chi connectivity index (χ0n) is 15.3. The first kappa shape index (κ1) is 16.8. The number of carbonyl (C=O) groups is 2. The Bertz CT molecular complexity index is 859. The largest absolute Gasteiger partial charge is 0.338 e. The summed E-state index contributed by atoms with van der Waals surface area (Å²) in [4.78, 5) is 29.9. The van der Waals surface area contributed by atoms with Crippen LogP contribution in [0.5, 0.6) is 0 Å². The fourth-order valence-electron chi connectivity index (χ4n) is 4.28. The van der Waals surface area contributed by atoms with E-state index in [2.05, 4.69) is 5.10 Å². The number of likely N-dealkylation sites (tertiary alicyclic amines) is 1. The van der Waals surface area contributed by atoms with Crippen molar-refractivity contribution in [1.29, 1.82) is 0 Å². The van der Waals surface area contributed by atoms with E-state index >= 15 is 0 Å². The Morgan fingerprint density at radius 2 is 2.00 bits per heavy atom. The summed E-state index contributed by atoms with van der Waals surface area (Å²) in [6, 6.07) is 7.66. The highest BCUT2D eigenvalue weighted by Crippen LogP contribution is 2.42. The number of hydrogen-bond donors (Lipinski definition) is 0. The number of hydrogen-bond acceptors (Lipinski definition) is 3. The van der Waals surface area contributed by atoms with Crippen LogP contribution < -0.4 is 4.90 Å². The summed E-state index contributed by atoms with van der Waals surface area (Å²) in [5.74, 6) is 0.169. The first-order valence-corrected chi connectivity index (χ1v) is 9.16. The lowest BCUT2D eigenvalue weighted by molar-refractivity contribution is -0.127. The summed E-state index contributed by atoms with van der Waals surface area (Å²) in [6.45, 7) is 3.87. The highest BCUT2D eigenvalue weighted by Gasteiger charge is 2.50. The zero-order valence-corrected chi connectivity index (χ0v) is 15.3. The highest BCUT2D eigenvalue weighted by molar-refractivity contribution is 6.01. The standard InChI is InChI=1S/C20H24N4O2/c1-15-6-3-4-7-17(15)18(25)23-10-5-8-20(14-23)9-11-24(19(20)26)16-12-21-22(2)13-16/h3-4,6-7,12-13H,5,8-11,14H2,1-2H3. The number of aryl methyl sites for hydroxylation is 2. The van der Waals surface area contributed by atoms with Gasteiger partial charge in [0.25, 0.3) is 5.91 Å². The maximum Gasteiger partial charge on any atom is 0.254 e. The van der Waals surface area contributed by atoms with E-state index < -0.39 is 5.41 Å². The van der Waals surface area contributed by atoms with Gasteiger partial charge in [0.1, 0.15) is 0 Å². The Balaban J connectivity index is 1.56. The molecule has 3 heterocycles. The van der Waals surface area contributed by atoms with Crippen LogP contribution in [0, 0.1) is 12.3 Å². The number of carbonyl (C=O) groups excluding carboxylic acids is 2. The van der Waals surface area contributed by atoms with E-state index in [4.69, 9.17) is 0 Å². The second kappa shape index (κ2) is 6.27. The number of nitrogens with zero attached hydrogens (tertiary/aromatic N) is 4. The van der Waals surface area contributed by atoms with Crippen LogP contribution in [-0.4, -0.2) is 46.1 Å². The minimum atomic E-state index is -0.452. The molecule has 4 rings (SSSR count). The van der Waals surface area contributed by atoms with Crippen molar-refractivity contribution in [3.63, 3.8) is 0 Å². The van der Waals surface area contributed by atoms with E-state index in [9.17, 15) is 9.59 Å². The SMILES string of the molecule is Cc1ccccc1C(=O)N1CCCC2(CCN(c3cnn(C)c3)C2=O)C1. The number of anilines is 1. The minimum absolute atomic E-state index is 0.0369. The lowest BCUT2D eigenvalue weighted by atomic mass is 9.78. The van der Waals surface area contributed by atoms with Gasteiger partial charge in [0.05, 0.1) is 17.3 Å². The molecule has 2 aliphatic rings. The molecule has 1 atom stereocenters. The van der Waals surface area contributed by atoms with E-state index in [0.717, 1.165) is 42.6 Å². The van der Waals surface area contributed by atoms with Crippen molar-refractivity contribution in [2.75, 3.05) is 24.5 Å². The van der Waals surface area contributed by atoms with Crippen molar-refractivity contribution >= 4 is 17.5 Å². The molecule has 0 bridgehead atoms. The van der Waals surface area contributed by atoms with Gasteiger partial charge in [-0.15, -0.1) is 0 Å². The molecule has 6 heteroatoms. The van der Waals surface area contributed by atoms with Crippen molar-refractivity contribution in [2.45, 2.75) is 26.2 Å². The van der Waals surface area contributed by atoms with Crippen LogP contribution in [0.4, 0.5) is 5.69 Å². The van der Waals surface area contributed by atoms with Crippen molar-refractivity contribution in [1.82, 2.24) is 14.7 Å². The average Bonchev–Trinajstić information content (AvgIpc) is 3.19. The Labute approximate surface area is 153 Å². The fraction of sp³-hybridized carbons (Fsp3) is 0.450. The molecule has 0 aliphatic carbocycles. The third-order valence-electron chi connectivity index (χ3n) is 5.76. The molecule has 0 radical (unpaired) electrons. The summed E-state index contributed by atoms with van der Waals surface area (Å²) >= 11 is 0.